The first kappa shape index (κ1) is 19.1. The van der Waals surface area contributed by atoms with Gasteiger partial charge in [0.2, 0.25) is 0 Å². The van der Waals surface area contributed by atoms with Crippen LogP contribution in [-0.2, 0) is 4.79 Å². The molecule has 0 fully saturated rings. The zero-order chi connectivity index (χ0) is 16.8. The predicted octanol–water partition coefficient (Wildman–Crippen LogP) is 1.09. The Balaban J connectivity index is 0.00000225. The highest BCUT2D eigenvalue weighted by molar-refractivity contribution is 7.98. The number of hydrogen-bond acceptors (Lipinski definition) is 1. The molecule has 0 spiro atoms. The van der Waals surface area contributed by atoms with Crippen LogP contribution in [0.25, 0.3) is 0 Å². The molecule has 0 bridgehead atoms. The van der Waals surface area contributed by atoms with E-state index in [2.05, 4.69) is 78.6 Å². The molecule has 0 aliphatic heterocycles. The monoisotopic (exact) mass is 366 g/mol. The van der Waals surface area contributed by atoms with Crippen molar-refractivity contribution in [3.05, 3.63) is 103 Å². The maximum atomic E-state index is 11.7. The summed E-state index contributed by atoms with van der Waals surface area (Å²) in [5.74, 6) is 2.21. The predicted molar refractivity (Wildman–Crippen MR) is 105 cm³/mol. The molecule has 0 heterocycles. The van der Waals surface area contributed by atoms with Crippen LogP contribution in [-0.4, -0.2) is 5.78 Å². The molecule has 0 aliphatic rings. The summed E-state index contributed by atoms with van der Waals surface area (Å²) in [6, 6.07) is 31.5. The summed E-state index contributed by atoms with van der Waals surface area (Å²) in [4.78, 5) is 11.7. The van der Waals surface area contributed by atoms with Gasteiger partial charge in [0, 0.05) is 6.08 Å². The Hall–Kier alpha value is -2.21. The van der Waals surface area contributed by atoms with E-state index < -0.39 is 7.26 Å². The lowest BCUT2D eigenvalue weighted by Crippen LogP contribution is -3.00. The van der Waals surface area contributed by atoms with Crippen LogP contribution < -0.4 is 28.3 Å². The van der Waals surface area contributed by atoms with E-state index in [1.165, 1.54) is 15.9 Å². The van der Waals surface area contributed by atoms with Crippen molar-refractivity contribution in [2.45, 2.75) is 6.92 Å². The molecule has 3 heteroatoms. The third kappa shape index (κ3) is 4.07. The van der Waals surface area contributed by atoms with Crippen molar-refractivity contribution >= 4 is 29.0 Å². The zero-order valence-corrected chi connectivity index (χ0v) is 15.7. The Bertz CT molecular complexity index is 733. The lowest BCUT2D eigenvalue weighted by Gasteiger charge is -2.23. The van der Waals surface area contributed by atoms with Gasteiger partial charge in [-0.2, -0.15) is 0 Å². The second-order valence-corrected chi connectivity index (χ2v) is 8.95. The fourth-order valence-electron chi connectivity index (χ4n) is 2.91. The van der Waals surface area contributed by atoms with Gasteiger partial charge in [0.05, 0.1) is 5.82 Å². The molecule has 0 saturated carbocycles. The van der Waals surface area contributed by atoms with Crippen molar-refractivity contribution in [2.24, 2.45) is 0 Å². The Morgan fingerprint density at radius 2 is 1.00 bits per heavy atom. The topological polar surface area (TPSA) is 17.1 Å². The number of benzene rings is 3. The van der Waals surface area contributed by atoms with E-state index in [0.29, 0.717) is 0 Å². The fraction of sp³-hybridized carbons (Fsp3) is 0.0455. The quantitative estimate of drug-likeness (QED) is 0.488. The molecular weight excluding hydrogens is 347 g/mol. The van der Waals surface area contributed by atoms with Crippen molar-refractivity contribution < 1.29 is 17.2 Å². The molecule has 0 unspecified atom stereocenters. The van der Waals surface area contributed by atoms with E-state index in [0.717, 1.165) is 0 Å². The lowest BCUT2D eigenvalue weighted by molar-refractivity contribution is -0.112. The van der Waals surface area contributed by atoms with Gasteiger partial charge in [-0.05, 0) is 43.3 Å². The van der Waals surface area contributed by atoms with E-state index in [-0.39, 0.29) is 18.2 Å². The molecule has 3 aromatic carbocycles. The summed E-state index contributed by atoms with van der Waals surface area (Å²) in [5, 5.41) is 3.75. The van der Waals surface area contributed by atoms with E-state index in [4.69, 9.17) is 0 Å². The maximum Gasteiger partial charge on any atom is 0.155 e. The van der Waals surface area contributed by atoms with Gasteiger partial charge in [0.1, 0.15) is 23.2 Å². The first-order valence-corrected chi connectivity index (χ1v) is 9.85. The fourth-order valence-corrected chi connectivity index (χ4v) is 6.68. The summed E-state index contributed by atoms with van der Waals surface area (Å²) in [5.41, 5.74) is 0. The molecule has 1 nitrogen and oxygen atoms in total. The number of allylic oxidation sites excluding steroid dienone is 1. The minimum absolute atomic E-state index is 0. The second kappa shape index (κ2) is 8.76. The van der Waals surface area contributed by atoms with Crippen LogP contribution in [0.1, 0.15) is 6.92 Å². The van der Waals surface area contributed by atoms with Crippen LogP contribution in [0.5, 0.6) is 0 Å². The summed E-state index contributed by atoms with van der Waals surface area (Å²) in [6.45, 7) is 1.60. The highest BCUT2D eigenvalue weighted by Gasteiger charge is 2.43. The number of rotatable bonds is 5. The maximum absolute atomic E-state index is 11.7. The van der Waals surface area contributed by atoms with Gasteiger partial charge in [-0.1, -0.05) is 54.6 Å². The molecule has 0 radical (unpaired) electrons. The molecule has 0 aromatic heterocycles. The summed E-state index contributed by atoms with van der Waals surface area (Å²) < 4.78 is 0. The Morgan fingerprint density at radius 3 is 1.28 bits per heavy atom. The second-order valence-electron chi connectivity index (χ2n) is 5.66. The number of hydrogen-bond donors (Lipinski definition) is 0. The van der Waals surface area contributed by atoms with Crippen LogP contribution in [0, 0.1) is 0 Å². The molecular formula is C22H20ClOP. The van der Waals surface area contributed by atoms with Gasteiger partial charge < -0.3 is 12.4 Å². The number of carbonyl (C=O) groups excluding carboxylic acids is 1. The van der Waals surface area contributed by atoms with Crippen molar-refractivity contribution in [3.63, 3.8) is 0 Å². The van der Waals surface area contributed by atoms with Gasteiger partial charge in [0.15, 0.2) is 5.78 Å². The van der Waals surface area contributed by atoms with Crippen LogP contribution in [0.3, 0.4) is 0 Å². The average molecular weight is 367 g/mol. The van der Waals surface area contributed by atoms with E-state index in [1.54, 1.807) is 13.0 Å². The average Bonchev–Trinajstić information content (AvgIpc) is 2.65. The van der Waals surface area contributed by atoms with E-state index >= 15 is 0 Å². The number of ketones is 1. The largest absolute Gasteiger partial charge is 1.00 e. The molecule has 0 N–H and O–H groups in total. The van der Waals surface area contributed by atoms with Crippen LogP contribution in [0.4, 0.5) is 0 Å². The van der Waals surface area contributed by atoms with Gasteiger partial charge in [-0.15, -0.1) is 0 Å². The minimum Gasteiger partial charge on any atom is -1.00 e. The van der Waals surface area contributed by atoms with Gasteiger partial charge >= 0.3 is 0 Å². The van der Waals surface area contributed by atoms with Crippen LogP contribution in [0.15, 0.2) is 103 Å². The highest BCUT2D eigenvalue weighted by atomic mass is 35.5. The normalized spacial score (nSPS) is 11.1. The molecule has 3 aromatic rings. The van der Waals surface area contributed by atoms with Gasteiger partial charge in [-0.25, -0.2) is 0 Å². The first-order valence-electron chi connectivity index (χ1n) is 7.99. The zero-order valence-electron chi connectivity index (χ0n) is 14.0. The van der Waals surface area contributed by atoms with Crippen LogP contribution >= 0.6 is 7.26 Å². The first-order chi connectivity index (χ1) is 11.7. The van der Waals surface area contributed by atoms with E-state index in [1.807, 2.05) is 18.2 Å². The molecule has 3 rings (SSSR count). The molecule has 126 valence electrons. The SMILES string of the molecule is CC(=O)C=C[P+](c1ccccc1)(c1ccccc1)c1ccccc1.[Cl-]. The standard InChI is InChI=1S/C22H20OP.ClH/c1-19(23)17-18-24(20-11-5-2-6-12-20,21-13-7-3-8-14-21)22-15-9-4-10-16-22;/h2-18H,1H3;1H/q+1;/p-1. The highest BCUT2D eigenvalue weighted by Crippen LogP contribution is 2.56. The molecule has 0 saturated heterocycles. The van der Waals surface area contributed by atoms with Crippen molar-refractivity contribution in [3.8, 4) is 0 Å². The van der Waals surface area contributed by atoms with E-state index in [9.17, 15) is 4.79 Å². The molecule has 0 atom stereocenters. The molecule has 0 aliphatic carbocycles. The van der Waals surface area contributed by atoms with Crippen molar-refractivity contribution in [1.29, 1.82) is 0 Å². The van der Waals surface area contributed by atoms with Crippen molar-refractivity contribution in [2.75, 3.05) is 0 Å². The van der Waals surface area contributed by atoms with Crippen LogP contribution in [0.2, 0.25) is 0 Å². The van der Waals surface area contributed by atoms with Gasteiger partial charge in [0.25, 0.3) is 0 Å². The third-order valence-electron chi connectivity index (χ3n) is 4.02. The van der Waals surface area contributed by atoms with Crippen molar-refractivity contribution in [1.82, 2.24) is 0 Å². The number of carbonyl (C=O) groups is 1. The Morgan fingerprint density at radius 1 is 0.680 bits per heavy atom. The summed E-state index contributed by atoms with van der Waals surface area (Å²) >= 11 is 0. The minimum atomic E-state index is -2.01. The Labute approximate surface area is 156 Å². The number of halogens is 1. The summed E-state index contributed by atoms with van der Waals surface area (Å²) in [7, 11) is -2.01. The smallest absolute Gasteiger partial charge is 0.155 e. The summed E-state index contributed by atoms with van der Waals surface area (Å²) in [6.07, 6.45) is 1.72. The molecule has 25 heavy (non-hydrogen) atoms. The van der Waals surface area contributed by atoms with Gasteiger partial charge in [-0.3, -0.25) is 4.79 Å². The third-order valence-corrected chi connectivity index (χ3v) is 7.96. The Kier molecular flexibility index (Phi) is 6.70. The molecule has 0 amide bonds. The lowest BCUT2D eigenvalue weighted by atomic mass is 10.4.